The van der Waals surface area contributed by atoms with E-state index in [2.05, 4.69) is 10.3 Å². The van der Waals surface area contributed by atoms with E-state index in [1.807, 2.05) is 0 Å². The third kappa shape index (κ3) is 4.04. The second kappa shape index (κ2) is 5.55. The molecule has 1 saturated carbocycles. The van der Waals surface area contributed by atoms with Crippen molar-refractivity contribution < 1.29 is 27.9 Å². The van der Waals surface area contributed by atoms with Gasteiger partial charge in [-0.1, -0.05) is 0 Å². The summed E-state index contributed by atoms with van der Waals surface area (Å²) in [6, 6.07) is 0.575. The summed E-state index contributed by atoms with van der Waals surface area (Å²) in [5.74, 6) is -2.13. The van der Waals surface area contributed by atoms with Crippen LogP contribution < -0.4 is 5.32 Å². The number of nitrogens with one attached hydrogen (secondary N) is 1. The zero-order chi connectivity index (χ0) is 15.6. The number of rotatable bonds is 4. The highest BCUT2D eigenvalue weighted by atomic mass is 19.4. The minimum Gasteiger partial charge on any atom is -0.478 e. The first-order valence-electron chi connectivity index (χ1n) is 6.06. The third-order valence-corrected chi connectivity index (χ3v) is 2.78. The Balaban J connectivity index is 2.35. The molecule has 0 aliphatic heterocycles. The standard InChI is InChI=1S/C13H11F3N2O3/c14-13(15,16)10-5-8(3-4-11(19)20)17-6-9(10)12(21)18-7-1-2-7/h3-7H,1-2H2,(H,18,21)(H,19,20)/b4-3+. The van der Waals surface area contributed by atoms with E-state index in [1.54, 1.807) is 0 Å². The molecule has 5 nitrogen and oxygen atoms in total. The zero-order valence-corrected chi connectivity index (χ0v) is 10.6. The normalized spacial score (nSPS) is 15.2. The van der Waals surface area contributed by atoms with E-state index in [0.717, 1.165) is 25.1 Å². The molecule has 1 aliphatic rings. The van der Waals surface area contributed by atoms with Crippen molar-refractivity contribution >= 4 is 18.0 Å². The number of pyridine rings is 1. The molecule has 0 radical (unpaired) electrons. The number of aliphatic carboxylic acids is 1. The molecular weight excluding hydrogens is 289 g/mol. The van der Waals surface area contributed by atoms with Gasteiger partial charge in [-0.25, -0.2) is 4.79 Å². The summed E-state index contributed by atoms with van der Waals surface area (Å²) in [4.78, 5) is 25.8. The van der Waals surface area contributed by atoms with Crippen LogP contribution in [-0.2, 0) is 11.0 Å². The summed E-state index contributed by atoms with van der Waals surface area (Å²) in [5, 5.41) is 10.9. The molecule has 112 valence electrons. The van der Waals surface area contributed by atoms with Gasteiger partial charge in [0.25, 0.3) is 5.91 Å². The Labute approximate surface area is 117 Å². The van der Waals surface area contributed by atoms with Gasteiger partial charge in [0, 0.05) is 18.3 Å². The van der Waals surface area contributed by atoms with Gasteiger partial charge >= 0.3 is 12.1 Å². The average Bonchev–Trinajstić information content (AvgIpc) is 3.18. The minimum atomic E-state index is -4.73. The van der Waals surface area contributed by atoms with E-state index in [1.165, 1.54) is 0 Å². The molecule has 0 unspecified atom stereocenters. The van der Waals surface area contributed by atoms with Crippen LogP contribution in [0.2, 0.25) is 0 Å². The van der Waals surface area contributed by atoms with E-state index < -0.39 is 29.2 Å². The number of carboxylic acid groups (broad SMARTS) is 1. The van der Waals surface area contributed by atoms with Gasteiger partial charge in [0.1, 0.15) is 0 Å². The molecule has 0 atom stereocenters. The predicted octanol–water partition coefficient (Wildman–Crippen LogP) is 2.09. The summed E-state index contributed by atoms with van der Waals surface area (Å²) >= 11 is 0. The molecule has 1 fully saturated rings. The number of halogens is 3. The smallest absolute Gasteiger partial charge is 0.417 e. The van der Waals surface area contributed by atoms with Crippen molar-refractivity contribution in [1.82, 2.24) is 10.3 Å². The molecule has 2 N–H and O–H groups in total. The lowest BCUT2D eigenvalue weighted by Crippen LogP contribution is -2.28. The van der Waals surface area contributed by atoms with E-state index in [4.69, 9.17) is 5.11 Å². The molecule has 2 rings (SSSR count). The monoisotopic (exact) mass is 300 g/mol. The van der Waals surface area contributed by atoms with Crippen LogP contribution in [0.4, 0.5) is 13.2 Å². The van der Waals surface area contributed by atoms with Crippen molar-refractivity contribution in [3.05, 3.63) is 35.2 Å². The van der Waals surface area contributed by atoms with Crippen LogP contribution in [0, 0.1) is 0 Å². The number of carboxylic acids is 1. The van der Waals surface area contributed by atoms with Crippen LogP contribution in [-0.4, -0.2) is 28.0 Å². The summed E-state index contributed by atoms with van der Waals surface area (Å²) < 4.78 is 39.0. The Morgan fingerprint density at radius 1 is 1.38 bits per heavy atom. The van der Waals surface area contributed by atoms with Crippen LogP contribution in [0.15, 0.2) is 18.3 Å². The van der Waals surface area contributed by atoms with Crippen LogP contribution in [0.3, 0.4) is 0 Å². The van der Waals surface area contributed by atoms with Gasteiger partial charge in [-0.05, 0) is 25.0 Å². The first kappa shape index (κ1) is 15.0. The van der Waals surface area contributed by atoms with E-state index in [-0.39, 0.29) is 11.7 Å². The van der Waals surface area contributed by atoms with Crippen molar-refractivity contribution in [2.75, 3.05) is 0 Å². The van der Waals surface area contributed by atoms with E-state index in [9.17, 15) is 22.8 Å². The van der Waals surface area contributed by atoms with Crippen molar-refractivity contribution in [2.24, 2.45) is 0 Å². The highest BCUT2D eigenvalue weighted by Crippen LogP contribution is 2.32. The quantitative estimate of drug-likeness (QED) is 0.835. The number of carbonyl (C=O) groups is 2. The summed E-state index contributed by atoms with van der Waals surface area (Å²) in [6.07, 6.45) is -0.820. The number of alkyl halides is 3. The Morgan fingerprint density at radius 3 is 2.57 bits per heavy atom. The minimum absolute atomic E-state index is 0.0785. The molecule has 1 aliphatic carbocycles. The number of hydrogen-bond acceptors (Lipinski definition) is 3. The fourth-order valence-corrected chi connectivity index (χ4v) is 1.63. The number of amides is 1. The first-order valence-corrected chi connectivity index (χ1v) is 6.06. The molecule has 1 aromatic heterocycles. The SMILES string of the molecule is O=C(O)/C=C/c1cc(C(F)(F)F)c(C(=O)NC2CC2)cn1. The molecule has 1 aromatic rings. The highest BCUT2D eigenvalue weighted by molar-refractivity contribution is 5.96. The maximum Gasteiger partial charge on any atom is 0.417 e. The molecule has 0 saturated heterocycles. The van der Waals surface area contributed by atoms with Crippen molar-refractivity contribution in [2.45, 2.75) is 25.1 Å². The third-order valence-electron chi connectivity index (χ3n) is 2.78. The van der Waals surface area contributed by atoms with Gasteiger partial charge in [0.15, 0.2) is 0 Å². The number of nitrogens with zero attached hydrogens (tertiary/aromatic N) is 1. The zero-order valence-electron chi connectivity index (χ0n) is 10.6. The second-order valence-corrected chi connectivity index (χ2v) is 4.57. The van der Waals surface area contributed by atoms with E-state index >= 15 is 0 Å². The average molecular weight is 300 g/mol. The Morgan fingerprint density at radius 2 is 2.05 bits per heavy atom. The van der Waals surface area contributed by atoms with Gasteiger partial charge in [-0.2, -0.15) is 13.2 Å². The number of carbonyl (C=O) groups excluding carboxylic acids is 1. The van der Waals surface area contributed by atoms with Crippen molar-refractivity contribution in [3.8, 4) is 0 Å². The second-order valence-electron chi connectivity index (χ2n) is 4.57. The lowest BCUT2D eigenvalue weighted by molar-refractivity contribution is -0.138. The van der Waals surface area contributed by atoms with Crippen LogP contribution in [0.5, 0.6) is 0 Å². The van der Waals surface area contributed by atoms with E-state index in [0.29, 0.717) is 12.1 Å². The fraction of sp³-hybridized carbons (Fsp3) is 0.308. The molecule has 21 heavy (non-hydrogen) atoms. The van der Waals surface area contributed by atoms with Gasteiger partial charge < -0.3 is 10.4 Å². The molecule has 0 spiro atoms. The van der Waals surface area contributed by atoms with Gasteiger partial charge in [-0.15, -0.1) is 0 Å². The molecule has 8 heteroatoms. The van der Waals surface area contributed by atoms with Crippen molar-refractivity contribution in [1.29, 1.82) is 0 Å². The Hall–Kier alpha value is -2.38. The van der Waals surface area contributed by atoms with Gasteiger partial charge in [0.05, 0.1) is 16.8 Å². The van der Waals surface area contributed by atoms with Crippen LogP contribution in [0.1, 0.15) is 34.5 Å². The number of hydrogen-bond donors (Lipinski definition) is 2. The van der Waals surface area contributed by atoms with Crippen LogP contribution in [0.25, 0.3) is 6.08 Å². The van der Waals surface area contributed by atoms with Gasteiger partial charge in [0.2, 0.25) is 0 Å². The molecule has 0 bridgehead atoms. The molecule has 0 aromatic carbocycles. The van der Waals surface area contributed by atoms with Crippen LogP contribution >= 0.6 is 0 Å². The number of aromatic nitrogens is 1. The summed E-state index contributed by atoms with van der Waals surface area (Å²) in [6.45, 7) is 0. The summed E-state index contributed by atoms with van der Waals surface area (Å²) in [7, 11) is 0. The maximum atomic E-state index is 13.0. The fourth-order valence-electron chi connectivity index (χ4n) is 1.63. The highest BCUT2D eigenvalue weighted by Gasteiger charge is 2.36. The lowest BCUT2D eigenvalue weighted by atomic mass is 10.1. The Bertz CT molecular complexity index is 607. The topological polar surface area (TPSA) is 79.3 Å². The largest absolute Gasteiger partial charge is 0.478 e. The molecule has 1 heterocycles. The van der Waals surface area contributed by atoms with Crippen molar-refractivity contribution in [3.63, 3.8) is 0 Å². The van der Waals surface area contributed by atoms with Gasteiger partial charge in [-0.3, -0.25) is 9.78 Å². The molecule has 1 amide bonds. The maximum absolute atomic E-state index is 13.0. The molecular formula is C13H11F3N2O3. The first-order chi connectivity index (χ1) is 9.77. The lowest BCUT2D eigenvalue weighted by Gasteiger charge is -2.13. The Kier molecular flexibility index (Phi) is 3.97. The summed E-state index contributed by atoms with van der Waals surface area (Å²) in [5.41, 5.74) is -1.89. The predicted molar refractivity (Wildman–Crippen MR) is 66.4 cm³/mol.